The van der Waals surface area contributed by atoms with Crippen LogP contribution in [0.3, 0.4) is 0 Å². The molecule has 0 aromatic rings. The van der Waals surface area contributed by atoms with Crippen molar-refractivity contribution in [2.24, 2.45) is 11.8 Å². The molecule has 2 unspecified atom stereocenters. The second kappa shape index (κ2) is 4.25. The lowest BCUT2D eigenvalue weighted by molar-refractivity contribution is -0.122. The van der Waals surface area contributed by atoms with E-state index in [1.54, 1.807) is 0 Å². The van der Waals surface area contributed by atoms with Gasteiger partial charge in [0.15, 0.2) is 0 Å². The van der Waals surface area contributed by atoms with Gasteiger partial charge in [-0.1, -0.05) is 13.3 Å². The van der Waals surface area contributed by atoms with E-state index in [0.29, 0.717) is 18.8 Å². The molecule has 0 radical (unpaired) electrons. The minimum absolute atomic E-state index is 0.00574. The van der Waals surface area contributed by atoms with Gasteiger partial charge >= 0.3 is 0 Å². The smallest absolute Gasteiger partial charge is 0.134 e. The van der Waals surface area contributed by atoms with Crippen LogP contribution in [0.2, 0.25) is 0 Å². The molecule has 1 saturated carbocycles. The van der Waals surface area contributed by atoms with Crippen LogP contribution in [-0.2, 0) is 4.79 Å². The number of rotatable bonds is 2. The molecule has 0 aromatic carbocycles. The maximum Gasteiger partial charge on any atom is 0.134 e. The van der Waals surface area contributed by atoms with E-state index in [0.717, 1.165) is 19.3 Å². The van der Waals surface area contributed by atoms with Crippen LogP contribution < -0.4 is 0 Å². The molecule has 0 aliphatic heterocycles. The highest BCUT2D eigenvalue weighted by molar-refractivity contribution is 5.79. The standard InChI is InChI=1S/C10H15NO/c1-2-3-8-4-5-10(12)6-9(8)7-11/h8-9H,2-6H2,1H3. The zero-order valence-electron chi connectivity index (χ0n) is 7.55. The van der Waals surface area contributed by atoms with Crippen LogP contribution in [0, 0.1) is 23.2 Å². The third kappa shape index (κ3) is 2.07. The fourth-order valence-corrected chi connectivity index (χ4v) is 1.93. The predicted molar refractivity (Wildman–Crippen MR) is 46.4 cm³/mol. The molecule has 0 bridgehead atoms. The predicted octanol–water partition coefficient (Wildman–Crippen LogP) is 2.30. The lowest BCUT2D eigenvalue weighted by atomic mass is 9.77. The first-order chi connectivity index (χ1) is 5.77. The second-order valence-corrected chi connectivity index (χ2v) is 3.57. The van der Waals surface area contributed by atoms with Crippen LogP contribution in [0.1, 0.15) is 39.0 Å². The maximum atomic E-state index is 11.0. The minimum atomic E-state index is 0.00574. The fourth-order valence-electron chi connectivity index (χ4n) is 1.93. The van der Waals surface area contributed by atoms with Crippen molar-refractivity contribution in [3.8, 4) is 6.07 Å². The lowest BCUT2D eigenvalue weighted by Gasteiger charge is -2.25. The van der Waals surface area contributed by atoms with Crippen LogP contribution >= 0.6 is 0 Å². The molecule has 2 heteroatoms. The molecular formula is C10H15NO. The summed E-state index contributed by atoms with van der Waals surface area (Å²) in [6.07, 6.45) is 4.36. The quantitative estimate of drug-likeness (QED) is 0.630. The van der Waals surface area contributed by atoms with Gasteiger partial charge in [0.25, 0.3) is 0 Å². The minimum Gasteiger partial charge on any atom is -0.300 e. The van der Waals surface area contributed by atoms with Crippen LogP contribution in [0.4, 0.5) is 0 Å². The van der Waals surface area contributed by atoms with E-state index < -0.39 is 0 Å². The number of hydrogen-bond donors (Lipinski definition) is 0. The highest BCUT2D eigenvalue weighted by Gasteiger charge is 2.28. The normalized spacial score (nSPS) is 29.8. The molecule has 0 spiro atoms. The van der Waals surface area contributed by atoms with Gasteiger partial charge in [-0.15, -0.1) is 0 Å². The number of carbonyl (C=O) groups is 1. The number of Topliss-reactive ketones (excluding diaryl/α,β-unsaturated/α-hetero) is 1. The second-order valence-electron chi connectivity index (χ2n) is 3.57. The Kier molecular flexibility index (Phi) is 3.28. The number of carbonyl (C=O) groups excluding carboxylic acids is 1. The van der Waals surface area contributed by atoms with Crippen molar-refractivity contribution in [1.29, 1.82) is 5.26 Å². The Morgan fingerprint density at radius 3 is 3.00 bits per heavy atom. The van der Waals surface area contributed by atoms with E-state index in [1.807, 2.05) is 0 Å². The van der Waals surface area contributed by atoms with Crippen molar-refractivity contribution >= 4 is 5.78 Å². The molecule has 1 aliphatic rings. The highest BCUT2D eigenvalue weighted by Crippen LogP contribution is 2.30. The summed E-state index contributed by atoms with van der Waals surface area (Å²) in [6.45, 7) is 2.13. The Morgan fingerprint density at radius 1 is 1.67 bits per heavy atom. The van der Waals surface area contributed by atoms with Crippen molar-refractivity contribution in [3.05, 3.63) is 0 Å². The molecule has 12 heavy (non-hydrogen) atoms. The molecule has 0 saturated heterocycles. The zero-order chi connectivity index (χ0) is 8.97. The van der Waals surface area contributed by atoms with Crippen molar-refractivity contribution < 1.29 is 4.79 Å². The lowest BCUT2D eigenvalue weighted by Crippen LogP contribution is -2.23. The van der Waals surface area contributed by atoms with Crippen molar-refractivity contribution in [2.75, 3.05) is 0 Å². The summed E-state index contributed by atoms with van der Waals surface area (Å²) in [5.74, 6) is 0.762. The molecule has 0 amide bonds. The Bertz CT molecular complexity index is 204. The Hall–Kier alpha value is -0.840. The van der Waals surface area contributed by atoms with Gasteiger partial charge in [-0.25, -0.2) is 0 Å². The van der Waals surface area contributed by atoms with E-state index in [1.165, 1.54) is 0 Å². The molecular weight excluding hydrogens is 150 g/mol. The molecule has 2 atom stereocenters. The van der Waals surface area contributed by atoms with Gasteiger partial charge in [-0.2, -0.15) is 5.26 Å². The largest absolute Gasteiger partial charge is 0.300 e. The van der Waals surface area contributed by atoms with Gasteiger partial charge in [0.2, 0.25) is 0 Å². The molecule has 1 aliphatic carbocycles. The number of nitriles is 1. The molecule has 0 N–H and O–H groups in total. The highest BCUT2D eigenvalue weighted by atomic mass is 16.1. The van der Waals surface area contributed by atoms with E-state index in [2.05, 4.69) is 13.0 Å². The summed E-state index contributed by atoms with van der Waals surface area (Å²) in [4.78, 5) is 11.0. The van der Waals surface area contributed by atoms with Gasteiger partial charge in [-0.3, -0.25) is 4.79 Å². The Labute approximate surface area is 73.6 Å². The summed E-state index contributed by atoms with van der Waals surface area (Å²) in [6, 6.07) is 2.25. The monoisotopic (exact) mass is 165 g/mol. The SMILES string of the molecule is CCCC1CCC(=O)CC1C#N. The first-order valence-electron chi connectivity index (χ1n) is 4.69. The fraction of sp³-hybridized carbons (Fsp3) is 0.800. The third-order valence-electron chi connectivity index (χ3n) is 2.64. The van der Waals surface area contributed by atoms with E-state index >= 15 is 0 Å². The van der Waals surface area contributed by atoms with E-state index in [9.17, 15) is 4.79 Å². The first-order valence-corrected chi connectivity index (χ1v) is 4.69. The van der Waals surface area contributed by atoms with Crippen molar-refractivity contribution in [1.82, 2.24) is 0 Å². The number of ketones is 1. The van der Waals surface area contributed by atoms with Crippen LogP contribution in [0.15, 0.2) is 0 Å². The van der Waals surface area contributed by atoms with E-state index in [-0.39, 0.29) is 11.7 Å². The molecule has 1 rings (SSSR count). The molecule has 0 aromatic heterocycles. The zero-order valence-corrected chi connectivity index (χ0v) is 7.55. The average Bonchev–Trinajstić information content (AvgIpc) is 2.08. The molecule has 1 fully saturated rings. The Balaban J connectivity index is 2.51. The first kappa shape index (κ1) is 9.25. The van der Waals surface area contributed by atoms with Gasteiger partial charge in [-0.05, 0) is 18.8 Å². The maximum absolute atomic E-state index is 11.0. The van der Waals surface area contributed by atoms with Crippen LogP contribution in [0.25, 0.3) is 0 Å². The number of hydrogen-bond acceptors (Lipinski definition) is 2. The van der Waals surface area contributed by atoms with Crippen molar-refractivity contribution in [3.63, 3.8) is 0 Å². The van der Waals surface area contributed by atoms with Crippen molar-refractivity contribution in [2.45, 2.75) is 39.0 Å². The molecule has 2 nitrogen and oxygen atoms in total. The molecule has 66 valence electrons. The van der Waals surface area contributed by atoms with Crippen LogP contribution in [0.5, 0.6) is 0 Å². The summed E-state index contributed by atoms with van der Waals surface area (Å²) in [5, 5.41) is 8.80. The number of nitrogens with zero attached hydrogens (tertiary/aromatic N) is 1. The average molecular weight is 165 g/mol. The van der Waals surface area contributed by atoms with Gasteiger partial charge in [0.05, 0.1) is 12.0 Å². The topological polar surface area (TPSA) is 40.9 Å². The van der Waals surface area contributed by atoms with E-state index in [4.69, 9.17) is 5.26 Å². The summed E-state index contributed by atoms with van der Waals surface area (Å²) >= 11 is 0. The summed E-state index contributed by atoms with van der Waals surface area (Å²) in [7, 11) is 0. The molecule has 0 heterocycles. The van der Waals surface area contributed by atoms with Crippen LogP contribution in [-0.4, -0.2) is 5.78 Å². The third-order valence-corrected chi connectivity index (χ3v) is 2.64. The summed E-state index contributed by atoms with van der Waals surface area (Å²) in [5.41, 5.74) is 0. The summed E-state index contributed by atoms with van der Waals surface area (Å²) < 4.78 is 0. The van der Waals surface area contributed by atoms with Gasteiger partial charge < -0.3 is 0 Å². The Morgan fingerprint density at radius 2 is 2.42 bits per heavy atom. The van der Waals surface area contributed by atoms with Gasteiger partial charge in [0, 0.05) is 12.8 Å². The van der Waals surface area contributed by atoms with Gasteiger partial charge in [0.1, 0.15) is 5.78 Å².